The van der Waals surface area contributed by atoms with E-state index in [1.807, 2.05) is 32.9 Å². The van der Waals surface area contributed by atoms with Crippen LogP contribution in [0, 0.1) is 18.6 Å². The number of aromatic amines is 1. The van der Waals surface area contributed by atoms with Gasteiger partial charge in [-0.15, -0.1) is 0 Å². The van der Waals surface area contributed by atoms with Crippen LogP contribution in [-0.2, 0) is 13.0 Å². The molecule has 1 aliphatic heterocycles. The second kappa shape index (κ2) is 9.90. The lowest BCUT2D eigenvalue weighted by Crippen LogP contribution is -2.43. The number of halogens is 5. The van der Waals surface area contributed by atoms with Crippen LogP contribution >= 0.6 is 0 Å². The van der Waals surface area contributed by atoms with Crippen LogP contribution < -0.4 is 4.74 Å². The number of nitrogens with zero attached hydrogens (tertiary/aromatic N) is 1. The molecule has 4 rings (SSSR count). The normalized spacial score (nSPS) is 16.4. The molecule has 0 aliphatic carbocycles. The highest BCUT2D eigenvalue weighted by Gasteiger charge is 2.35. The maximum absolute atomic E-state index is 12.6. The van der Waals surface area contributed by atoms with E-state index in [0.29, 0.717) is 19.6 Å². The minimum absolute atomic E-state index is 0.0939. The van der Waals surface area contributed by atoms with Crippen molar-refractivity contribution in [2.45, 2.75) is 52.4 Å². The Morgan fingerprint density at radius 2 is 1.78 bits per heavy atom. The fourth-order valence-corrected chi connectivity index (χ4v) is 3.84. The minimum Gasteiger partial charge on any atom is -0.493 e. The van der Waals surface area contributed by atoms with E-state index in [1.54, 1.807) is 0 Å². The van der Waals surface area contributed by atoms with Crippen molar-refractivity contribution in [3.63, 3.8) is 0 Å². The lowest BCUT2D eigenvalue weighted by atomic mass is 9.97. The Labute approximate surface area is 184 Å². The molecule has 174 valence electrons. The van der Waals surface area contributed by atoms with E-state index in [4.69, 9.17) is 4.74 Å². The summed E-state index contributed by atoms with van der Waals surface area (Å²) in [4.78, 5) is 4.76. The molecule has 32 heavy (non-hydrogen) atoms. The van der Waals surface area contributed by atoms with E-state index in [1.165, 1.54) is 28.2 Å². The van der Waals surface area contributed by atoms with Gasteiger partial charge in [0.1, 0.15) is 17.4 Å². The molecule has 0 amide bonds. The third-order valence-corrected chi connectivity index (χ3v) is 5.33. The Hall–Kier alpha value is -2.61. The zero-order valence-electron chi connectivity index (χ0n) is 18.3. The van der Waals surface area contributed by atoms with E-state index in [-0.39, 0.29) is 11.8 Å². The maximum Gasteiger partial charge on any atom is 0.401 e. The molecular formula is C24H27F5N2O. The van der Waals surface area contributed by atoms with Crippen LogP contribution in [-0.4, -0.2) is 35.3 Å². The van der Waals surface area contributed by atoms with E-state index in [9.17, 15) is 22.0 Å². The summed E-state index contributed by atoms with van der Waals surface area (Å²) in [5.41, 5.74) is 4.29. The Kier molecular flexibility index (Phi) is 7.44. The zero-order valence-corrected chi connectivity index (χ0v) is 18.3. The van der Waals surface area contributed by atoms with Crippen molar-refractivity contribution in [1.29, 1.82) is 0 Å². The number of benzene rings is 2. The molecule has 1 atom stereocenters. The van der Waals surface area contributed by atoms with Gasteiger partial charge in [-0.3, -0.25) is 4.90 Å². The molecule has 1 aromatic heterocycles. The molecule has 3 nitrogen and oxygen atoms in total. The van der Waals surface area contributed by atoms with Gasteiger partial charge in [0.05, 0.1) is 13.2 Å². The molecule has 2 aromatic carbocycles. The Morgan fingerprint density at radius 1 is 1.09 bits per heavy atom. The van der Waals surface area contributed by atoms with Crippen LogP contribution in [0.1, 0.15) is 37.1 Å². The van der Waals surface area contributed by atoms with Gasteiger partial charge >= 0.3 is 6.18 Å². The van der Waals surface area contributed by atoms with Crippen molar-refractivity contribution >= 4 is 10.9 Å². The van der Waals surface area contributed by atoms with Gasteiger partial charge in [0.25, 0.3) is 0 Å². The van der Waals surface area contributed by atoms with Crippen molar-refractivity contribution in [2.75, 3.05) is 13.2 Å². The predicted molar refractivity (Wildman–Crippen MR) is 115 cm³/mol. The number of rotatable bonds is 4. The Bertz CT molecular complexity index is 1040. The van der Waals surface area contributed by atoms with Crippen LogP contribution in [0.15, 0.2) is 36.4 Å². The Balaban J connectivity index is 0.000000207. The smallest absolute Gasteiger partial charge is 0.401 e. The fraction of sp³-hybridized carbons (Fsp3) is 0.417. The van der Waals surface area contributed by atoms with Crippen molar-refractivity contribution in [3.05, 3.63) is 64.9 Å². The van der Waals surface area contributed by atoms with Gasteiger partial charge in [-0.2, -0.15) is 13.2 Å². The molecule has 0 saturated carbocycles. The molecular weight excluding hydrogens is 427 g/mol. The average Bonchev–Trinajstić information content (AvgIpc) is 3.02. The largest absolute Gasteiger partial charge is 0.493 e. The minimum atomic E-state index is -4.14. The zero-order chi connectivity index (χ0) is 23.5. The molecule has 1 N–H and O–H groups in total. The first kappa shape index (κ1) is 24.0. The van der Waals surface area contributed by atoms with Crippen LogP contribution in [0.5, 0.6) is 5.75 Å². The summed E-state index contributed by atoms with van der Waals surface area (Å²) in [5.74, 6) is -0.975. The highest BCUT2D eigenvalue weighted by Crippen LogP contribution is 2.32. The van der Waals surface area contributed by atoms with Gasteiger partial charge in [-0.1, -0.05) is 18.6 Å². The SMILES string of the molecule is CCCOc1cc(F)cc(F)c1.Cc1ccc2[nH]c3c(c2c1)C[C@@H](C)N(CC(F)(F)F)C3. The number of H-pyrrole nitrogens is 1. The second-order valence-corrected chi connectivity index (χ2v) is 8.16. The first-order valence-electron chi connectivity index (χ1n) is 10.6. The van der Waals surface area contributed by atoms with Crippen molar-refractivity contribution in [1.82, 2.24) is 9.88 Å². The van der Waals surface area contributed by atoms with E-state index in [0.717, 1.165) is 29.1 Å². The van der Waals surface area contributed by atoms with Gasteiger partial charge in [-0.05, 0) is 44.4 Å². The molecule has 8 heteroatoms. The molecule has 0 saturated heterocycles. The molecule has 0 unspecified atom stereocenters. The summed E-state index contributed by atoms with van der Waals surface area (Å²) in [6, 6.07) is 9.18. The first-order chi connectivity index (χ1) is 15.1. The predicted octanol–water partition coefficient (Wildman–Crippen LogP) is 6.54. The number of nitrogens with one attached hydrogen (secondary N) is 1. The maximum atomic E-state index is 12.6. The number of fused-ring (bicyclic) bond motifs is 3. The van der Waals surface area contributed by atoms with Crippen LogP contribution in [0.4, 0.5) is 22.0 Å². The molecule has 0 spiro atoms. The summed E-state index contributed by atoms with van der Waals surface area (Å²) < 4.78 is 67.9. The number of hydrogen-bond acceptors (Lipinski definition) is 2. The Morgan fingerprint density at radius 3 is 2.41 bits per heavy atom. The first-order valence-corrected chi connectivity index (χ1v) is 10.6. The van der Waals surface area contributed by atoms with Gasteiger partial charge < -0.3 is 9.72 Å². The van der Waals surface area contributed by atoms with E-state index >= 15 is 0 Å². The number of hydrogen-bond donors (Lipinski definition) is 1. The number of aromatic nitrogens is 1. The quantitative estimate of drug-likeness (QED) is 0.454. The van der Waals surface area contributed by atoms with Gasteiger partial charge in [-0.25, -0.2) is 8.78 Å². The molecule has 3 aromatic rings. The second-order valence-electron chi connectivity index (χ2n) is 8.16. The molecule has 0 fully saturated rings. The van der Waals surface area contributed by atoms with E-state index < -0.39 is 24.4 Å². The average molecular weight is 454 g/mol. The van der Waals surface area contributed by atoms with Gasteiger partial charge in [0.2, 0.25) is 0 Å². The molecule has 1 aliphatic rings. The third kappa shape index (κ3) is 6.22. The summed E-state index contributed by atoms with van der Waals surface area (Å²) in [6.45, 7) is 5.79. The standard InChI is InChI=1S/C15H17F3N2.C9H10F2O/c1-9-3-4-13-11(5-9)12-6-10(2)20(7-14(12)19-13)8-15(16,17)18;1-2-3-12-9-5-7(10)4-8(11)6-9/h3-5,10,19H,6-8H2,1-2H3;4-6H,2-3H2,1H3/t10-;/m1./s1. The molecule has 0 radical (unpaired) electrons. The monoisotopic (exact) mass is 454 g/mol. The summed E-state index contributed by atoms with van der Waals surface area (Å²) in [5, 5.41) is 1.15. The van der Waals surface area contributed by atoms with Gasteiger partial charge in [0, 0.05) is 47.4 Å². The fourth-order valence-electron chi connectivity index (χ4n) is 3.84. The van der Waals surface area contributed by atoms with E-state index in [2.05, 4.69) is 11.1 Å². The number of ether oxygens (including phenoxy) is 1. The topological polar surface area (TPSA) is 28.3 Å². The lowest BCUT2D eigenvalue weighted by molar-refractivity contribution is -0.152. The highest BCUT2D eigenvalue weighted by molar-refractivity contribution is 5.85. The van der Waals surface area contributed by atoms with Crippen LogP contribution in [0.2, 0.25) is 0 Å². The van der Waals surface area contributed by atoms with Crippen molar-refractivity contribution in [2.24, 2.45) is 0 Å². The lowest BCUT2D eigenvalue weighted by Gasteiger charge is -2.33. The third-order valence-electron chi connectivity index (χ3n) is 5.33. The van der Waals surface area contributed by atoms with Crippen LogP contribution in [0.25, 0.3) is 10.9 Å². The summed E-state index contributed by atoms with van der Waals surface area (Å²) in [7, 11) is 0. The van der Waals surface area contributed by atoms with Crippen molar-refractivity contribution < 1.29 is 26.7 Å². The van der Waals surface area contributed by atoms with Gasteiger partial charge in [0.15, 0.2) is 0 Å². The highest BCUT2D eigenvalue weighted by atomic mass is 19.4. The molecule has 2 heterocycles. The summed E-state index contributed by atoms with van der Waals surface area (Å²) in [6.07, 6.45) is -2.67. The van der Waals surface area contributed by atoms with Crippen molar-refractivity contribution in [3.8, 4) is 5.75 Å². The number of alkyl halides is 3. The van der Waals surface area contributed by atoms with Crippen LogP contribution in [0.3, 0.4) is 0 Å². The number of aryl methyl sites for hydroxylation is 1. The summed E-state index contributed by atoms with van der Waals surface area (Å²) >= 11 is 0. The molecule has 0 bridgehead atoms.